The van der Waals surface area contributed by atoms with Crippen molar-refractivity contribution in [2.45, 2.75) is 32.1 Å². The Bertz CT molecular complexity index is 79.7. The Morgan fingerprint density at radius 3 is 1.30 bits per heavy atom. The van der Waals surface area contributed by atoms with Gasteiger partial charge in [0.15, 0.2) is 0 Å². The molecule has 0 bridgehead atoms. The van der Waals surface area contributed by atoms with Crippen LogP contribution in [0, 0.1) is 5.92 Å². The number of hydrogen-bond acceptors (Lipinski definition) is 4. The number of nitrogens with two attached hydrogens (primary N) is 4. The minimum absolute atomic E-state index is 0.111. The van der Waals surface area contributed by atoms with Gasteiger partial charge in [0.25, 0.3) is 0 Å². The third kappa shape index (κ3) is 2.62. The van der Waals surface area contributed by atoms with Crippen molar-refractivity contribution in [1.82, 2.24) is 0 Å². The van der Waals surface area contributed by atoms with Crippen LogP contribution in [0.3, 0.4) is 0 Å². The van der Waals surface area contributed by atoms with Crippen LogP contribution in [0.5, 0.6) is 0 Å². The summed E-state index contributed by atoms with van der Waals surface area (Å²) in [5, 5.41) is 0. The average Bonchev–Trinajstić information content (AvgIpc) is 1.84. The van der Waals surface area contributed by atoms with E-state index in [9.17, 15) is 0 Å². The molecular weight excluding hydrogens is 128 g/mol. The van der Waals surface area contributed by atoms with Gasteiger partial charge in [0, 0.05) is 12.1 Å². The summed E-state index contributed by atoms with van der Waals surface area (Å²) in [6, 6.07) is -0.417. The van der Waals surface area contributed by atoms with Gasteiger partial charge in [-0.15, -0.1) is 0 Å². The normalized spacial score (nSPS) is 18.0. The van der Waals surface area contributed by atoms with Gasteiger partial charge >= 0.3 is 0 Å². The van der Waals surface area contributed by atoms with Gasteiger partial charge < -0.3 is 22.9 Å². The van der Waals surface area contributed by atoms with Crippen molar-refractivity contribution in [1.29, 1.82) is 0 Å². The van der Waals surface area contributed by atoms with Gasteiger partial charge in [0.1, 0.15) is 0 Å². The summed E-state index contributed by atoms with van der Waals surface area (Å²) >= 11 is 0. The van der Waals surface area contributed by atoms with Gasteiger partial charge in [-0.3, -0.25) is 0 Å². The number of hydrogen-bond donors (Lipinski definition) is 4. The zero-order chi connectivity index (χ0) is 8.31. The van der Waals surface area contributed by atoms with E-state index in [4.69, 9.17) is 22.9 Å². The summed E-state index contributed by atoms with van der Waals surface area (Å²) in [6.45, 7) is 3.99. The highest BCUT2D eigenvalue weighted by Gasteiger charge is 2.19. The molecular formula is C6H18N4. The second-order valence-corrected chi connectivity index (χ2v) is 2.98. The maximum atomic E-state index is 5.68. The molecule has 0 spiro atoms. The van der Waals surface area contributed by atoms with Crippen LogP contribution >= 0.6 is 0 Å². The fourth-order valence-electron chi connectivity index (χ4n) is 0.701. The molecule has 0 radical (unpaired) electrons. The van der Waals surface area contributed by atoms with Crippen LogP contribution in [-0.2, 0) is 0 Å². The van der Waals surface area contributed by atoms with Crippen LogP contribution in [0.4, 0.5) is 0 Å². The second kappa shape index (κ2) is 3.88. The van der Waals surface area contributed by atoms with Gasteiger partial charge in [-0.25, -0.2) is 0 Å². The molecule has 0 amide bonds. The fourth-order valence-corrected chi connectivity index (χ4v) is 0.701. The standard InChI is InChI=1S/C6H18N4/c1-3(2)4(7)5(8)6(9)10/h3-6H,7-10H2,1-2H3. The van der Waals surface area contributed by atoms with Gasteiger partial charge in [-0.1, -0.05) is 13.8 Å². The lowest BCUT2D eigenvalue weighted by Gasteiger charge is -2.25. The highest BCUT2D eigenvalue weighted by molar-refractivity contribution is 4.83. The first-order chi connectivity index (χ1) is 4.46. The van der Waals surface area contributed by atoms with E-state index in [1.54, 1.807) is 0 Å². The van der Waals surface area contributed by atoms with E-state index in [-0.39, 0.29) is 12.1 Å². The minimum atomic E-state index is -0.516. The van der Waals surface area contributed by atoms with Crippen molar-refractivity contribution in [3.8, 4) is 0 Å². The van der Waals surface area contributed by atoms with E-state index < -0.39 is 6.17 Å². The monoisotopic (exact) mass is 146 g/mol. The molecule has 0 aromatic rings. The zero-order valence-corrected chi connectivity index (χ0v) is 6.62. The Morgan fingerprint density at radius 1 is 0.800 bits per heavy atom. The lowest BCUT2D eigenvalue weighted by atomic mass is 9.97. The second-order valence-electron chi connectivity index (χ2n) is 2.98. The molecule has 62 valence electrons. The summed E-state index contributed by atoms with van der Waals surface area (Å²) in [6.07, 6.45) is -0.516. The summed E-state index contributed by atoms with van der Waals surface area (Å²) in [7, 11) is 0. The maximum Gasteiger partial charge on any atom is 0.0692 e. The molecule has 4 heteroatoms. The molecule has 0 aliphatic rings. The molecule has 0 aromatic heterocycles. The van der Waals surface area contributed by atoms with Crippen LogP contribution in [0.15, 0.2) is 0 Å². The summed E-state index contributed by atoms with van der Waals surface area (Å²) < 4.78 is 0. The first-order valence-electron chi connectivity index (χ1n) is 3.49. The molecule has 0 heterocycles. The topological polar surface area (TPSA) is 104 Å². The number of rotatable bonds is 3. The Morgan fingerprint density at radius 2 is 1.20 bits per heavy atom. The van der Waals surface area contributed by atoms with E-state index in [1.165, 1.54) is 0 Å². The smallest absolute Gasteiger partial charge is 0.0692 e. The molecule has 8 N–H and O–H groups in total. The highest BCUT2D eigenvalue weighted by atomic mass is 15.0. The Labute approximate surface area is 61.9 Å². The van der Waals surface area contributed by atoms with Crippen LogP contribution in [-0.4, -0.2) is 18.2 Å². The lowest BCUT2D eigenvalue weighted by Crippen LogP contribution is -2.58. The van der Waals surface area contributed by atoms with Crippen molar-refractivity contribution in [3.05, 3.63) is 0 Å². The molecule has 0 saturated heterocycles. The zero-order valence-electron chi connectivity index (χ0n) is 6.62. The van der Waals surface area contributed by atoms with Crippen LogP contribution in [0.1, 0.15) is 13.8 Å². The lowest BCUT2D eigenvalue weighted by molar-refractivity contribution is 0.372. The predicted octanol–water partition coefficient (Wildman–Crippen LogP) is -1.46. The molecule has 0 aromatic carbocycles. The molecule has 10 heavy (non-hydrogen) atoms. The average molecular weight is 146 g/mol. The minimum Gasteiger partial charge on any atom is -0.326 e. The third-order valence-corrected chi connectivity index (χ3v) is 1.66. The van der Waals surface area contributed by atoms with E-state index in [2.05, 4.69) is 0 Å². The van der Waals surface area contributed by atoms with Crippen LogP contribution in [0.2, 0.25) is 0 Å². The van der Waals surface area contributed by atoms with E-state index in [1.807, 2.05) is 13.8 Å². The van der Waals surface area contributed by atoms with Crippen molar-refractivity contribution < 1.29 is 0 Å². The largest absolute Gasteiger partial charge is 0.326 e. The molecule has 0 fully saturated rings. The highest BCUT2D eigenvalue weighted by Crippen LogP contribution is 2.01. The Hall–Kier alpha value is -0.160. The van der Waals surface area contributed by atoms with Crippen molar-refractivity contribution >= 4 is 0 Å². The SMILES string of the molecule is CC(C)C(N)C(N)C(N)N. The van der Waals surface area contributed by atoms with Gasteiger partial charge in [-0.05, 0) is 5.92 Å². The summed E-state index contributed by atoms with van der Waals surface area (Å²) in [5.74, 6) is 0.324. The van der Waals surface area contributed by atoms with Gasteiger partial charge in [0.05, 0.1) is 6.17 Å². The van der Waals surface area contributed by atoms with E-state index >= 15 is 0 Å². The van der Waals surface area contributed by atoms with Crippen molar-refractivity contribution in [3.63, 3.8) is 0 Å². The Balaban J connectivity index is 3.81. The van der Waals surface area contributed by atoms with Gasteiger partial charge in [-0.2, -0.15) is 0 Å². The fraction of sp³-hybridized carbons (Fsp3) is 1.00. The molecule has 2 atom stereocenters. The Kier molecular flexibility index (Phi) is 3.81. The predicted molar refractivity (Wildman–Crippen MR) is 43.0 cm³/mol. The first-order valence-corrected chi connectivity index (χ1v) is 3.49. The third-order valence-electron chi connectivity index (χ3n) is 1.66. The van der Waals surface area contributed by atoms with Crippen LogP contribution < -0.4 is 22.9 Å². The molecule has 4 nitrogen and oxygen atoms in total. The van der Waals surface area contributed by atoms with Crippen molar-refractivity contribution in [2.24, 2.45) is 28.9 Å². The van der Waals surface area contributed by atoms with E-state index in [0.717, 1.165) is 0 Å². The quantitative estimate of drug-likeness (QED) is 0.365. The maximum absolute atomic E-state index is 5.68. The summed E-state index contributed by atoms with van der Waals surface area (Å²) in [5.41, 5.74) is 22.0. The van der Waals surface area contributed by atoms with Crippen LogP contribution in [0.25, 0.3) is 0 Å². The van der Waals surface area contributed by atoms with Crippen molar-refractivity contribution in [2.75, 3.05) is 0 Å². The molecule has 0 aliphatic carbocycles. The van der Waals surface area contributed by atoms with Gasteiger partial charge in [0.2, 0.25) is 0 Å². The molecule has 0 aliphatic heterocycles. The first kappa shape index (κ1) is 9.84. The molecule has 0 rings (SSSR count). The molecule has 2 unspecified atom stereocenters. The van der Waals surface area contributed by atoms with E-state index in [0.29, 0.717) is 5.92 Å². The molecule has 0 saturated carbocycles. The summed E-state index contributed by atoms with van der Waals surface area (Å²) in [4.78, 5) is 0.